The molecule has 0 unspecified atom stereocenters. The first-order chi connectivity index (χ1) is 7.70. The van der Waals surface area contributed by atoms with E-state index in [1.165, 1.54) is 10.9 Å². The molecule has 16 heavy (non-hydrogen) atoms. The molecule has 2 nitrogen and oxygen atoms in total. The number of nitrogens with one attached hydrogen (secondary N) is 1. The van der Waals surface area contributed by atoms with Crippen molar-refractivity contribution in [2.75, 3.05) is 13.6 Å². The fourth-order valence-electron chi connectivity index (χ4n) is 1.88. The quantitative estimate of drug-likeness (QED) is 0.934. The van der Waals surface area contributed by atoms with Gasteiger partial charge in [0.1, 0.15) is 0 Å². The maximum Gasteiger partial charge on any atom is 0.0708 e. The molecule has 0 saturated carbocycles. The van der Waals surface area contributed by atoms with Crippen LogP contribution in [0.5, 0.6) is 0 Å². The van der Waals surface area contributed by atoms with Crippen molar-refractivity contribution in [3.63, 3.8) is 0 Å². The van der Waals surface area contributed by atoms with Crippen molar-refractivity contribution in [1.82, 2.24) is 10.3 Å². The molecule has 0 saturated heterocycles. The normalized spacial score (nSPS) is 10.9. The molecule has 0 fully saturated rings. The van der Waals surface area contributed by atoms with Crippen LogP contribution in [0.4, 0.5) is 0 Å². The van der Waals surface area contributed by atoms with Crippen molar-refractivity contribution in [3.05, 3.63) is 40.0 Å². The SMILES string of the molecule is CNCCc1cc(C)nc2ccc(Br)cc12. The summed E-state index contributed by atoms with van der Waals surface area (Å²) in [5, 5.41) is 4.43. The van der Waals surface area contributed by atoms with Crippen LogP contribution in [-0.2, 0) is 6.42 Å². The Kier molecular flexibility index (Phi) is 3.56. The molecule has 0 spiro atoms. The van der Waals surface area contributed by atoms with Gasteiger partial charge in [-0.1, -0.05) is 15.9 Å². The summed E-state index contributed by atoms with van der Waals surface area (Å²) >= 11 is 3.51. The lowest BCUT2D eigenvalue weighted by atomic mass is 10.1. The Morgan fingerprint density at radius 1 is 1.31 bits per heavy atom. The number of halogens is 1. The molecule has 84 valence electrons. The number of likely N-dealkylation sites (N-methyl/N-ethyl adjacent to an activating group) is 1. The first-order valence-corrected chi connectivity index (χ1v) is 6.20. The molecule has 0 bridgehead atoms. The summed E-state index contributed by atoms with van der Waals surface area (Å²) in [6.45, 7) is 3.04. The van der Waals surface area contributed by atoms with E-state index in [9.17, 15) is 0 Å². The van der Waals surface area contributed by atoms with Crippen LogP contribution in [0.3, 0.4) is 0 Å². The minimum Gasteiger partial charge on any atom is -0.319 e. The van der Waals surface area contributed by atoms with E-state index < -0.39 is 0 Å². The number of benzene rings is 1. The van der Waals surface area contributed by atoms with Gasteiger partial charge in [0.05, 0.1) is 5.52 Å². The molecule has 0 aliphatic rings. The Morgan fingerprint density at radius 2 is 2.12 bits per heavy atom. The zero-order valence-corrected chi connectivity index (χ0v) is 11.1. The summed E-state index contributed by atoms with van der Waals surface area (Å²) in [5.74, 6) is 0. The Labute approximate surface area is 104 Å². The maximum atomic E-state index is 4.54. The molecule has 0 atom stereocenters. The second-order valence-corrected chi connectivity index (χ2v) is 4.85. The molecule has 0 aliphatic heterocycles. The van der Waals surface area contributed by atoms with Gasteiger partial charge in [0.25, 0.3) is 0 Å². The summed E-state index contributed by atoms with van der Waals surface area (Å²) in [4.78, 5) is 4.54. The summed E-state index contributed by atoms with van der Waals surface area (Å²) in [6, 6.07) is 8.42. The van der Waals surface area contributed by atoms with E-state index in [-0.39, 0.29) is 0 Å². The van der Waals surface area contributed by atoms with Gasteiger partial charge in [-0.25, -0.2) is 0 Å². The van der Waals surface area contributed by atoms with Crippen LogP contribution in [0.1, 0.15) is 11.3 Å². The van der Waals surface area contributed by atoms with Crippen molar-refractivity contribution >= 4 is 26.8 Å². The highest BCUT2D eigenvalue weighted by Crippen LogP contribution is 2.22. The van der Waals surface area contributed by atoms with Crippen LogP contribution < -0.4 is 5.32 Å². The standard InChI is InChI=1S/C13H15BrN2/c1-9-7-10(5-6-15-2)12-8-11(14)3-4-13(12)16-9/h3-4,7-8,15H,5-6H2,1-2H3. The minimum atomic E-state index is 0.991. The average molecular weight is 279 g/mol. The monoisotopic (exact) mass is 278 g/mol. The van der Waals surface area contributed by atoms with Crippen LogP contribution in [0.15, 0.2) is 28.7 Å². The van der Waals surface area contributed by atoms with Crippen molar-refractivity contribution in [2.24, 2.45) is 0 Å². The molecular formula is C13H15BrN2. The van der Waals surface area contributed by atoms with E-state index in [1.54, 1.807) is 0 Å². The Bertz CT molecular complexity index is 509. The van der Waals surface area contributed by atoms with E-state index in [0.717, 1.165) is 28.6 Å². The van der Waals surface area contributed by atoms with Gasteiger partial charge < -0.3 is 5.32 Å². The van der Waals surface area contributed by atoms with E-state index in [1.807, 2.05) is 20.0 Å². The van der Waals surface area contributed by atoms with E-state index in [4.69, 9.17) is 0 Å². The number of aryl methyl sites for hydroxylation is 1. The van der Waals surface area contributed by atoms with Gasteiger partial charge in [0.2, 0.25) is 0 Å². The first kappa shape index (κ1) is 11.6. The molecule has 1 N–H and O–H groups in total. The smallest absolute Gasteiger partial charge is 0.0708 e. The van der Waals surface area contributed by atoms with Gasteiger partial charge in [0.15, 0.2) is 0 Å². The topological polar surface area (TPSA) is 24.9 Å². The van der Waals surface area contributed by atoms with Gasteiger partial charge in [-0.15, -0.1) is 0 Å². The van der Waals surface area contributed by atoms with E-state index in [2.05, 4.69) is 44.4 Å². The molecular weight excluding hydrogens is 264 g/mol. The number of hydrogen-bond donors (Lipinski definition) is 1. The number of fused-ring (bicyclic) bond motifs is 1. The van der Waals surface area contributed by atoms with Gasteiger partial charge in [-0.05, 0) is 56.8 Å². The molecule has 2 aromatic rings. The fraction of sp³-hybridized carbons (Fsp3) is 0.308. The highest BCUT2D eigenvalue weighted by atomic mass is 79.9. The lowest BCUT2D eigenvalue weighted by Gasteiger charge is -2.08. The third-order valence-corrected chi connectivity index (χ3v) is 3.12. The number of hydrogen-bond acceptors (Lipinski definition) is 2. The molecule has 0 amide bonds. The maximum absolute atomic E-state index is 4.54. The van der Waals surface area contributed by atoms with Gasteiger partial charge in [-0.3, -0.25) is 4.98 Å². The highest BCUT2D eigenvalue weighted by molar-refractivity contribution is 9.10. The summed E-state index contributed by atoms with van der Waals surface area (Å²) in [6.07, 6.45) is 1.03. The van der Waals surface area contributed by atoms with Gasteiger partial charge >= 0.3 is 0 Å². The van der Waals surface area contributed by atoms with Crippen molar-refractivity contribution < 1.29 is 0 Å². The molecule has 2 rings (SSSR count). The summed E-state index contributed by atoms with van der Waals surface area (Å²) in [5.41, 5.74) is 3.52. The van der Waals surface area contributed by atoms with Crippen LogP contribution in [0, 0.1) is 6.92 Å². The number of rotatable bonds is 3. The molecule has 1 aromatic carbocycles. The largest absolute Gasteiger partial charge is 0.319 e. The highest BCUT2D eigenvalue weighted by Gasteiger charge is 2.04. The number of pyridine rings is 1. The van der Waals surface area contributed by atoms with Crippen molar-refractivity contribution in [3.8, 4) is 0 Å². The first-order valence-electron chi connectivity index (χ1n) is 5.41. The summed E-state index contributed by atoms with van der Waals surface area (Å²) < 4.78 is 1.11. The number of aromatic nitrogens is 1. The van der Waals surface area contributed by atoms with Gasteiger partial charge in [0, 0.05) is 15.6 Å². The third-order valence-electron chi connectivity index (χ3n) is 2.63. The minimum absolute atomic E-state index is 0.991. The zero-order chi connectivity index (χ0) is 11.5. The predicted molar refractivity (Wildman–Crippen MR) is 71.8 cm³/mol. The summed E-state index contributed by atoms with van der Waals surface area (Å²) in [7, 11) is 1.98. The van der Waals surface area contributed by atoms with Crippen molar-refractivity contribution in [2.45, 2.75) is 13.3 Å². The van der Waals surface area contributed by atoms with Crippen LogP contribution >= 0.6 is 15.9 Å². The lowest BCUT2D eigenvalue weighted by molar-refractivity contribution is 0.794. The fourth-order valence-corrected chi connectivity index (χ4v) is 2.24. The molecule has 1 heterocycles. The molecule has 1 aromatic heterocycles. The Morgan fingerprint density at radius 3 is 2.88 bits per heavy atom. The Balaban J connectivity index is 2.55. The molecule has 0 aliphatic carbocycles. The van der Waals surface area contributed by atoms with Gasteiger partial charge in [-0.2, -0.15) is 0 Å². The third kappa shape index (κ3) is 2.42. The Hall–Kier alpha value is -0.930. The predicted octanol–water partition coefficient (Wildman–Crippen LogP) is 3.07. The lowest BCUT2D eigenvalue weighted by Crippen LogP contribution is -2.10. The van der Waals surface area contributed by atoms with Crippen LogP contribution in [-0.4, -0.2) is 18.6 Å². The average Bonchev–Trinajstić information content (AvgIpc) is 2.26. The number of nitrogens with zero attached hydrogens (tertiary/aromatic N) is 1. The van der Waals surface area contributed by atoms with Crippen LogP contribution in [0.25, 0.3) is 10.9 Å². The van der Waals surface area contributed by atoms with E-state index in [0.29, 0.717) is 0 Å². The second kappa shape index (κ2) is 4.93. The van der Waals surface area contributed by atoms with Crippen LogP contribution in [0.2, 0.25) is 0 Å². The second-order valence-electron chi connectivity index (χ2n) is 3.94. The molecule has 0 radical (unpaired) electrons. The molecule has 3 heteroatoms. The van der Waals surface area contributed by atoms with E-state index >= 15 is 0 Å². The zero-order valence-electron chi connectivity index (χ0n) is 9.55. The van der Waals surface area contributed by atoms with Crippen molar-refractivity contribution in [1.29, 1.82) is 0 Å².